The van der Waals surface area contributed by atoms with Gasteiger partial charge in [-0.25, -0.2) is 4.98 Å². The molecule has 1 aromatic heterocycles. The third-order valence-corrected chi connectivity index (χ3v) is 2.52. The van der Waals surface area contributed by atoms with Crippen LogP contribution in [0.3, 0.4) is 0 Å². The molecule has 0 unspecified atom stereocenters. The minimum atomic E-state index is 0.991. The summed E-state index contributed by atoms with van der Waals surface area (Å²) in [5, 5.41) is 0. The molecular weight excluding hydrogens is 272 g/mol. The lowest BCUT2D eigenvalue weighted by Crippen LogP contribution is -1.74. The second kappa shape index (κ2) is 2.60. The van der Waals surface area contributed by atoms with Crippen molar-refractivity contribution in [2.24, 2.45) is 0 Å². The van der Waals surface area contributed by atoms with Gasteiger partial charge in [-0.2, -0.15) is 0 Å². The number of rotatable bonds is 0. The van der Waals surface area contributed by atoms with E-state index >= 15 is 0 Å². The van der Waals surface area contributed by atoms with E-state index in [1.165, 1.54) is 0 Å². The number of imidazole rings is 1. The first-order valence-electron chi connectivity index (χ1n) is 3.06. The topological polar surface area (TPSA) is 17.8 Å². The van der Waals surface area contributed by atoms with Crippen LogP contribution >= 0.6 is 32.1 Å². The van der Waals surface area contributed by atoms with E-state index in [9.17, 15) is 0 Å². The van der Waals surface area contributed by atoms with Gasteiger partial charge in [0, 0.05) is 4.47 Å². The highest BCUT2D eigenvalue weighted by molar-refractivity contribution is 9.10. The van der Waals surface area contributed by atoms with Gasteiger partial charge in [0.2, 0.25) is 0 Å². The lowest BCUT2D eigenvalue weighted by atomic mass is 10.3. The zero-order valence-corrected chi connectivity index (χ0v) is 8.63. The Labute approximate surface area is 80.7 Å². The van der Waals surface area contributed by atoms with Crippen LogP contribution in [0, 0.1) is 0 Å². The van der Waals surface area contributed by atoms with Crippen LogP contribution in [0.15, 0.2) is 29.0 Å². The van der Waals surface area contributed by atoms with E-state index in [0.29, 0.717) is 0 Å². The molecule has 11 heavy (non-hydrogen) atoms. The van der Waals surface area contributed by atoms with Crippen molar-refractivity contribution in [2.45, 2.75) is 0 Å². The number of fused-ring (bicyclic) bond motifs is 1. The van der Waals surface area contributed by atoms with Gasteiger partial charge in [0.15, 0.2) is 0 Å². The molecule has 0 radical (unpaired) electrons. The molecule has 0 amide bonds. The number of benzene rings is 1. The van der Waals surface area contributed by atoms with E-state index in [0.717, 1.165) is 15.5 Å². The van der Waals surface area contributed by atoms with E-state index in [4.69, 9.17) is 0 Å². The largest absolute Gasteiger partial charge is 0.265 e. The molecule has 0 saturated carbocycles. The molecule has 0 bridgehead atoms. The van der Waals surface area contributed by atoms with Crippen molar-refractivity contribution < 1.29 is 0 Å². The lowest BCUT2D eigenvalue weighted by molar-refractivity contribution is 1.29. The number of aromatic nitrogens is 2. The van der Waals surface area contributed by atoms with Gasteiger partial charge in [-0.05, 0) is 18.2 Å². The first kappa shape index (κ1) is 7.31. The molecule has 1 aromatic carbocycles. The van der Waals surface area contributed by atoms with Gasteiger partial charge < -0.3 is 0 Å². The van der Waals surface area contributed by atoms with E-state index in [2.05, 4.69) is 37.1 Å². The van der Waals surface area contributed by atoms with E-state index < -0.39 is 0 Å². The van der Waals surface area contributed by atoms with Gasteiger partial charge in [-0.3, -0.25) is 3.59 Å². The first-order valence-corrected chi connectivity index (χ1v) is 4.56. The van der Waals surface area contributed by atoms with Crippen molar-refractivity contribution in [1.82, 2.24) is 8.58 Å². The second-order valence-electron chi connectivity index (χ2n) is 2.19. The highest BCUT2D eigenvalue weighted by atomic mass is 79.9. The molecule has 56 valence electrons. The fourth-order valence-electron chi connectivity index (χ4n) is 0.952. The smallest absolute Gasteiger partial charge is 0.106 e. The molecule has 2 nitrogen and oxygen atoms in total. The van der Waals surface area contributed by atoms with Crippen molar-refractivity contribution >= 4 is 43.1 Å². The predicted molar refractivity (Wildman–Crippen MR) is 51.8 cm³/mol. The van der Waals surface area contributed by atoms with Gasteiger partial charge in [0.1, 0.15) is 6.33 Å². The summed E-state index contributed by atoms with van der Waals surface area (Å²) in [7, 11) is 0. The van der Waals surface area contributed by atoms with Gasteiger partial charge in [0.25, 0.3) is 0 Å². The lowest BCUT2D eigenvalue weighted by Gasteiger charge is -1.91. The zero-order chi connectivity index (χ0) is 7.84. The minimum Gasteiger partial charge on any atom is -0.265 e. The van der Waals surface area contributed by atoms with Crippen LogP contribution in [0.1, 0.15) is 0 Å². The molecular formula is C7H4Br2N2. The summed E-state index contributed by atoms with van der Waals surface area (Å²) in [6.07, 6.45) is 1.73. The number of hydrogen-bond donors (Lipinski definition) is 0. The highest BCUT2D eigenvalue weighted by Crippen LogP contribution is 2.19. The Kier molecular flexibility index (Phi) is 1.73. The van der Waals surface area contributed by atoms with Crippen LogP contribution in [-0.4, -0.2) is 8.58 Å². The summed E-state index contributed by atoms with van der Waals surface area (Å²) >= 11 is 6.72. The molecule has 1 heterocycles. The number of hydrogen-bond acceptors (Lipinski definition) is 1. The summed E-state index contributed by atoms with van der Waals surface area (Å²) in [5.41, 5.74) is 2.06. The van der Waals surface area contributed by atoms with Crippen LogP contribution in [0.2, 0.25) is 0 Å². The second-order valence-corrected chi connectivity index (χ2v) is 3.87. The van der Waals surface area contributed by atoms with Crippen LogP contribution in [0.25, 0.3) is 11.0 Å². The summed E-state index contributed by atoms with van der Waals surface area (Å²) in [5.74, 6) is 0. The average molecular weight is 276 g/mol. The molecule has 0 saturated heterocycles. The summed E-state index contributed by atoms with van der Waals surface area (Å²) in [6, 6.07) is 5.95. The van der Waals surface area contributed by atoms with Gasteiger partial charge in [0.05, 0.1) is 27.2 Å². The standard InChI is InChI=1S/C7H4Br2N2/c8-5-1-2-6-7(3-5)11(9)4-10-6/h1-4H. The third kappa shape index (κ3) is 1.20. The maximum atomic E-state index is 4.15. The van der Waals surface area contributed by atoms with Crippen LogP contribution in [-0.2, 0) is 0 Å². The highest BCUT2D eigenvalue weighted by Gasteiger charge is 1.99. The zero-order valence-electron chi connectivity index (χ0n) is 5.46. The summed E-state index contributed by atoms with van der Waals surface area (Å²) in [4.78, 5) is 4.15. The maximum Gasteiger partial charge on any atom is 0.106 e. The Morgan fingerprint density at radius 2 is 2.18 bits per heavy atom. The molecule has 0 N–H and O–H groups in total. The normalized spacial score (nSPS) is 10.7. The van der Waals surface area contributed by atoms with Crippen molar-refractivity contribution in [3.05, 3.63) is 29.0 Å². The molecule has 0 fully saturated rings. The molecule has 4 heteroatoms. The molecule has 0 atom stereocenters. The van der Waals surface area contributed by atoms with Gasteiger partial charge in [-0.1, -0.05) is 15.9 Å². The van der Waals surface area contributed by atoms with E-state index in [1.54, 1.807) is 6.33 Å². The predicted octanol–water partition coefficient (Wildman–Crippen LogP) is 2.96. The van der Waals surface area contributed by atoms with Crippen molar-refractivity contribution in [1.29, 1.82) is 0 Å². The van der Waals surface area contributed by atoms with Crippen LogP contribution in [0.4, 0.5) is 0 Å². The fraction of sp³-hybridized carbons (Fsp3) is 0. The van der Waals surface area contributed by atoms with E-state index in [-0.39, 0.29) is 0 Å². The third-order valence-electron chi connectivity index (χ3n) is 1.47. The van der Waals surface area contributed by atoms with Crippen molar-refractivity contribution in [2.75, 3.05) is 0 Å². The summed E-state index contributed by atoms with van der Waals surface area (Å²) in [6.45, 7) is 0. The van der Waals surface area contributed by atoms with Crippen molar-refractivity contribution in [3.63, 3.8) is 0 Å². The fourth-order valence-corrected chi connectivity index (χ4v) is 1.68. The number of nitrogens with zero attached hydrogens (tertiary/aromatic N) is 2. The summed E-state index contributed by atoms with van der Waals surface area (Å²) < 4.78 is 2.87. The molecule has 0 aliphatic carbocycles. The average Bonchev–Trinajstić information content (AvgIpc) is 2.33. The minimum absolute atomic E-state index is 0.991. The Balaban J connectivity index is 2.87. The molecule has 2 rings (SSSR count). The monoisotopic (exact) mass is 274 g/mol. The molecule has 0 aliphatic rings. The molecule has 2 aromatic rings. The van der Waals surface area contributed by atoms with Crippen molar-refractivity contribution in [3.8, 4) is 0 Å². The van der Waals surface area contributed by atoms with Crippen LogP contribution in [0.5, 0.6) is 0 Å². The SMILES string of the molecule is Brc1ccc2ncn(Br)c2c1. The molecule has 0 aliphatic heterocycles. The Hall–Kier alpha value is -0.350. The number of halogens is 2. The Morgan fingerprint density at radius 1 is 1.36 bits per heavy atom. The van der Waals surface area contributed by atoms with Gasteiger partial charge in [-0.15, -0.1) is 0 Å². The van der Waals surface area contributed by atoms with Crippen LogP contribution < -0.4 is 0 Å². The van der Waals surface area contributed by atoms with Gasteiger partial charge >= 0.3 is 0 Å². The Morgan fingerprint density at radius 3 is 3.00 bits per heavy atom. The quantitative estimate of drug-likeness (QED) is 0.723. The van der Waals surface area contributed by atoms with E-state index in [1.807, 2.05) is 21.8 Å². The maximum absolute atomic E-state index is 4.15. The first-order chi connectivity index (χ1) is 5.27. The Bertz CT molecular complexity index is 394. The molecule has 0 spiro atoms.